The maximum absolute atomic E-state index is 5.73. The number of aromatic nitrogens is 3. The fourth-order valence-corrected chi connectivity index (χ4v) is 1.84. The molecule has 0 bridgehead atoms. The van der Waals surface area contributed by atoms with Gasteiger partial charge in [-0.2, -0.15) is 0 Å². The van der Waals surface area contributed by atoms with E-state index in [1.807, 2.05) is 35.1 Å². The summed E-state index contributed by atoms with van der Waals surface area (Å²) < 4.78 is 7.61. The fraction of sp³-hybridized carbons (Fsp3) is 0.500. The number of ether oxygens (including phenoxy) is 1. The Morgan fingerprint density at radius 3 is 2.67 bits per heavy atom. The van der Waals surface area contributed by atoms with Crippen molar-refractivity contribution in [3.63, 3.8) is 0 Å². The van der Waals surface area contributed by atoms with Gasteiger partial charge in [0, 0.05) is 0 Å². The molecular weight excluding hydrogens is 264 g/mol. The molecule has 1 heterocycles. The van der Waals surface area contributed by atoms with Gasteiger partial charge in [0.2, 0.25) is 0 Å². The number of anilines is 1. The van der Waals surface area contributed by atoms with E-state index in [9.17, 15) is 0 Å². The predicted molar refractivity (Wildman–Crippen MR) is 84.6 cm³/mol. The third-order valence-corrected chi connectivity index (χ3v) is 3.04. The van der Waals surface area contributed by atoms with E-state index >= 15 is 0 Å². The van der Waals surface area contributed by atoms with Crippen molar-refractivity contribution in [1.29, 1.82) is 0 Å². The van der Waals surface area contributed by atoms with Crippen molar-refractivity contribution in [3.05, 3.63) is 36.2 Å². The van der Waals surface area contributed by atoms with Crippen molar-refractivity contribution < 1.29 is 4.74 Å². The number of para-hydroxylation sites is 2. The average Bonchev–Trinajstić information content (AvgIpc) is 2.92. The lowest BCUT2D eigenvalue weighted by molar-refractivity contribution is 0.319. The van der Waals surface area contributed by atoms with Crippen LogP contribution in [0.3, 0.4) is 0 Å². The highest BCUT2D eigenvalue weighted by atomic mass is 16.5. The third kappa shape index (κ3) is 4.21. The molecule has 5 nitrogen and oxygen atoms in total. The van der Waals surface area contributed by atoms with Gasteiger partial charge in [0.05, 0.1) is 30.6 Å². The van der Waals surface area contributed by atoms with Gasteiger partial charge in [-0.15, -0.1) is 5.10 Å². The summed E-state index contributed by atoms with van der Waals surface area (Å²) in [6.07, 6.45) is 2.97. The van der Waals surface area contributed by atoms with Crippen molar-refractivity contribution in [3.8, 4) is 5.75 Å². The number of nitrogens with zero attached hydrogens (tertiary/aromatic N) is 3. The summed E-state index contributed by atoms with van der Waals surface area (Å²) in [4.78, 5) is 0. The second kappa shape index (κ2) is 6.61. The number of hydrogen-bond donors (Lipinski definition) is 1. The molecule has 1 N–H and O–H groups in total. The van der Waals surface area contributed by atoms with Crippen LogP contribution >= 0.6 is 0 Å². The summed E-state index contributed by atoms with van der Waals surface area (Å²) in [5.74, 6) is 0.877. The highest BCUT2D eigenvalue weighted by molar-refractivity contribution is 5.56. The molecule has 0 saturated heterocycles. The van der Waals surface area contributed by atoms with E-state index in [1.165, 1.54) is 0 Å². The van der Waals surface area contributed by atoms with Crippen molar-refractivity contribution in [2.75, 3.05) is 11.9 Å². The predicted octanol–water partition coefficient (Wildman–Crippen LogP) is 3.43. The minimum Gasteiger partial charge on any atom is -0.491 e. The molecule has 2 rings (SSSR count). The molecule has 5 heteroatoms. The zero-order chi connectivity index (χ0) is 15.3. The molecule has 0 atom stereocenters. The lowest BCUT2D eigenvalue weighted by atomic mass is 10.1. The Hall–Kier alpha value is -2.04. The summed E-state index contributed by atoms with van der Waals surface area (Å²) in [7, 11) is 0. The minimum atomic E-state index is -0.0482. The van der Waals surface area contributed by atoms with Gasteiger partial charge in [0.1, 0.15) is 11.4 Å². The van der Waals surface area contributed by atoms with Gasteiger partial charge in [-0.3, -0.25) is 0 Å². The van der Waals surface area contributed by atoms with Crippen LogP contribution in [0.5, 0.6) is 5.75 Å². The molecule has 0 radical (unpaired) electrons. The van der Waals surface area contributed by atoms with Crippen molar-refractivity contribution in [2.24, 2.45) is 0 Å². The Morgan fingerprint density at radius 2 is 2.00 bits per heavy atom. The van der Waals surface area contributed by atoms with Gasteiger partial charge in [-0.25, -0.2) is 4.68 Å². The average molecular weight is 288 g/mol. The lowest BCUT2D eigenvalue weighted by Gasteiger charge is -2.17. The molecule has 114 valence electrons. The normalized spacial score (nSPS) is 11.4. The van der Waals surface area contributed by atoms with Crippen LogP contribution in [-0.4, -0.2) is 21.6 Å². The van der Waals surface area contributed by atoms with Crippen LogP contribution in [-0.2, 0) is 12.1 Å². The topological polar surface area (TPSA) is 52.0 Å². The van der Waals surface area contributed by atoms with E-state index in [0.29, 0.717) is 6.54 Å². The summed E-state index contributed by atoms with van der Waals surface area (Å²) in [5.41, 5.74) is 1.85. The molecule has 0 aliphatic heterocycles. The standard InChI is InChI=1S/C16H24N4O/c1-5-10-21-15-9-7-6-8-14(15)17-11-13-12-20(19-18-13)16(2,3)4/h6-9,12,17H,5,10-11H2,1-4H3. The second-order valence-corrected chi connectivity index (χ2v) is 6.02. The Balaban J connectivity index is 2.01. The molecule has 0 aliphatic carbocycles. The van der Waals surface area contributed by atoms with Crippen molar-refractivity contribution in [1.82, 2.24) is 15.0 Å². The molecule has 0 saturated carbocycles. The van der Waals surface area contributed by atoms with Gasteiger partial charge in [0.25, 0.3) is 0 Å². The quantitative estimate of drug-likeness (QED) is 0.884. The van der Waals surface area contributed by atoms with E-state index in [-0.39, 0.29) is 5.54 Å². The van der Waals surface area contributed by atoms with Gasteiger partial charge >= 0.3 is 0 Å². The SMILES string of the molecule is CCCOc1ccccc1NCc1cn(C(C)(C)C)nn1. The lowest BCUT2D eigenvalue weighted by Crippen LogP contribution is -2.22. The van der Waals surface area contributed by atoms with Gasteiger partial charge < -0.3 is 10.1 Å². The summed E-state index contributed by atoms with van der Waals surface area (Å²) >= 11 is 0. The van der Waals surface area contributed by atoms with Crippen LogP contribution in [0.1, 0.15) is 39.8 Å². The summed E-state index contributed by atoms with van der Waals surface area (Å²) in [5, 5.41) is 11.7. The first kappa shape index (κ1) is 15.4. The molecule has 21 heavy (non-hydrogen) atoms. The van der Waals surface area contributed by atoms with Crippen LogP contribution in [0.25, 0.3) is 0 Å². The van der Waals surface area contributed by atoms with E-state index in [2.05, 4.69) is 43.3 Å². The molecule has 0 aliphatic rings. The van der Waals surface area contributed by atoms with E-state index in [1.54, 1.807) is 0 Å². The summed E-state index contributed by atoms with van der Waals surface area (Å²) in [6.45, 7) is 9.76. The van der Waals surface area contributed by atoms with Gasteiger partial charge in [-0.05, 0) is 39.3 Å². The van der Waals surface area contributed by atoms with Crippen LogP contribution in [0.4, 0.5) is 5.69 Å². The van der Waals surface area contributed by atoms with Crippen molar-refractivity contribution >= 4 is 5.69 Å². The maximum atomic E-state index is 5.73. The van der Waals surface area contributed by atoms with Gasteiger partial charge in [-0.1, -0.05) is 24.3 Å². The summed E-state index contributed by atoms with van der Waals surface area (Å²) in [6, 6.07) is 7.96. The number of hydrogen-bond acceptors (Lipinski definition) is 4. The first-order valence-electron chi connectivity index (χ1n) is 7.38. The van der Waals surface area contributed by atoms with Gasteiger partial charge in [0.15, 0.2) is 0 Å². The van der Waals surface area contributed by atoms with Crippen LogP contribution < -0.4 is 10.1 Å². The van der Waals surface area contributed by atoms with E-state index in [4.69, 9.17) is 4.74 Å². The monoisotopic (exact) mass is 288 g/mol. The zero-order valence-electron chi connectivity index (χ0n) is 13.3. The highest BCUT2D eigenvalue weighted by Gasteiger charge is 2.15. The third-order valence-electron chi connectivity index (χ3n) is 3.04. The first-order valence-corrected chi connectivity index (χ1v) is 7.38. The fourth-order valence-electron chi connectivity index (χ4n) is 1.84. The van der Waals surface area contributed by atoms with Crippen molar-refractivity contribution in [2.45, 2.75) is 46.2 Å². The van der Waals surface area contributed by atoms with E-state index < -0.39 is 0 Å². The molecule has 0 amide bonds. The second-order valence-electron chi connectivity index (χ2n) is 6.02. The number of nitrogens with one attached hydrogen (secondary N) is 1. The molecule has 2 aromatic rings. The van der Waals surface area contributed by atoms with Crippen LogP contribution in [0.15, 0.2) is 30.5 Å². The smallest absolute Gasteiger partial charge is 0.142 e. The number of rotatable bonds is 6. The molecule has 0 unspecified atom stereocenters. The highest BCUT2D eigenvalue weighted by Crippen LogP contribution is 2.24. The molecule has 1 aromatic carbocycles. The van der Waals surface area contributed by atoms with Crippen LogP contribution in [0.2, 0.25) is 0 Å². The Bertz CT molecular complexity index is 572. The minimum absolute atomic E-state index is 0.0482. The Kier molecular flexibility index (Phi) is 4.83. The Morgan fingerprint density at radius 1 is 1.24 bits per heavy atom. The maximum Gasteiger partial charge on any atom is 0.142 e. The molecule has 1 aromatic heterocycles. The van der Waals surface area contributed by atoms with Crippen LogP contribution in [0, 0.1) is 0 Å². The molecular formula is C16H24N4O. The number of benzene rings is 1. The molecule has 0 spiro atoms. The zero-order valence-corrected chi connectivity index (χ0v) is 13.3. The largest absolute Gasteiger partial charge is 0.491 e. The Labute approximate surface area is 126 Å². The molecule has 0 fully saturated rings. The first-order chi connectivity index (χ1) is 10.0. The van der Waals surface area contributed by atoms with E-state index in [0.717, 1.165) is 30.2 Å².